The van der Waals surface area contributed by atoms with Crippen molar-refractivity contribution < 1.29 is 4.79 Å². The number of nitrogens with one attached hydrogen (secondary N) is 1. The molecule has 4 rings (SSSR count). The molecule has 0 radical (unpaired) electrons. The van der Waals surface area contributed by atoms with Crippen molar-refractivity contribution in [2.75, 3.05) is 0 Å². The van der Waals surface area contributed by atoms with Gasteiger partial charge in [-0.25, -0.2) is 0 Å². The molecular weight excluding hydrogens is 248 g/mol. The Hall–Kier alpha value is -1.04. The van der Waals surface area contributed by atoms with Crippen molar-refractivity contribution in [3.63, 3.8) is 0 Å². The van der Waals surface area contributed by atoms with Gasteiger partial charge in [0.1, 0.15) is 5.41 Å². The minimum Gasteiger partial charge on any atom is -0.349 e. The number of rotatable bonds is 4. The van der Waals surface area contributed by atoms with E-state index in [1.54, 1.807) is 0 Å². The van der Waals surface area contributed by atoms with Gasteiger partial charge in [0.05, 0.1) is 6.07 Å². The van der Waals surface area contributed by atoms with Gasteiger partial charge in [-0.2, -0.15) is 5.26 Å². The van der Waals surface area contributed by atoms with Crippen LogP contribution in [0.25, 0.3) is 0 Å². The molecule has 0 aliphatic heterocycles. The molecule has 0 aromatic carbocycles. The van der Waals surface area contributed by atoms with Crippen LogP contribution < -0.4 is 5.32 Å². The normalized spacial score (nSPS) is 38.5. The van der Waals surface area contributed by atoms with E-state index in [1.807, 2.05) is 13.8 Å². The lowest BCUT2D eigenvalue weighted by molar-refractivity contribution is -0.134. The topological polar surface area (TPSA) is 52.9 Å². The molecule has 4 saturated carbocycles. The number of hydrogen-bond donors (Lipinski definition) is 1. The van der Waals surface area contributed by atoms with Crippen LogP contribution in [-0.4, -0.2) is 11.4 Å². The largest absolute Gasteiger partial charge is 0.349 e. The van der Waals surface area contributed by atoms with Gasteiger partial charge in [0.25, 0.3) is 0 Å². The van der Waals surface area contributed by atoms with E-state index in [1.165, 1.54) is 19.3 Å². The Kier molecular flexibility index (Phi) is 3.31. The SMILES string of the molecule is CCC(C#N)(CC)C(=O)NC12CC3CC(CC(C3)C1)C2. The van der Waals surface area contributed by atoms with Crippen molar-refractivity contribution in [2.24, 2.45) is 23.2 Å². The highest BCUT2D eigenvalue weighted by Crippen LogP contribution is 2.55. The van der Waals surface area contributed by atoms with E-state index in [9.17, 15) is 10.1 Å². The molecule has 3 heteroatoms. The number of carbonyl (C=O) groups is 1. The summed E-state index contributed by atoms with van der Waals surface area (Å²) in [6, 6.07) is 2.29. The maximum Gasteiger partial charge on any atom is 0.240 e. The third kappa shape index (κ3) is 2.05. The Bertz CT molecular complexity index is 409. The highest BCUT2D eigenvalue weighted by molar-refractivity contribution is 5.86. The summed E-state index contributed by atoms with van der Waals surface area (Å²) in [6.07, 6.45) is 8.80. The summed E-state index contributed by atoms with van der Waals surface area (Å²) < 4.78 is 0. The molecule has 1 amide bonds. The fourth-order valence-corrected chi connectivity index (χ4v) is 5.40. The second kappa shape index (κ2) is 4.76. The Morgan fingerprint density at radius 1 is 1.15 bits per heavy atom. The van der Waals surface area contributed by atoms with Crippen LogP contribution in [-0.2, 0) is 4.79 Å². The molecule has 20 heavy (non-hydrogen) atoms. The van der Waals surface area contributed by atoms with Gasteiger partial charge in [-0.05, 0) is 69.1 Å². The van der Waals surface area contributed by atoms with Crippen molar-refractivity contribution in [1.29, 1.82) is 5.26 Å². The number of amides is 1. The van der Waals surface area contributed by atoms with Crippen LogP contribution in [0.5, 0.6) is 0 Å². The fraction of sp³-hybridized carbons (Fsp3) is 0.882. The Labute approximate surface area is 122 Å². The second-order valence-corrected chi connectivity index (χ2v) is 7.55. The number of nitrogens with zero attached hydrogens (tertiary/aromatic N) is 1. The quantitative estimate of drug-likeness (QED) is 0.854. The molecule has 0 atom stereocenters. The summed E-state index contributed by atoms with van der Waals surface area (Å²) in [5.41, 5.74) is -0.790. The van der Waals surface area contributed by atoms with Gasteiger partial charge in [-0.15, -0.1) is 0 Å². The van der Waals surface area contributed by atoms with Gasteiger partial charge in [0, 0.05) is 5.54 Å². The first-order chi connectivity index (χ1) is 9.54. The van der Waals surface area contributed by atoms with E-state index >= 15 is 0 Å². The molecule has 0 unspecified atom stereocenters. The summed E-state index contributed by atoms with van der Waals surface area (Å²) in [7, 11) is 0. The maximum absolute atomic E-state index is 12.7. The van der Waals surface area contributed by atoms with E-state index in [4.69, 9.17) is 0 Å². The molecule has 3 nitrogen and oxygen atoms in total. The lowest BCUT2D eigenvalue weighted by Gasteiger charge is -2.57. The van der Waals surface area contributed by atoms with Crippen molar-refractivity contribution in [3.8, 4) is 6.07 Å². The molecule has 0 aromatic heterocycles. The molecule has 4 fully saturated rings. The highest BCUT2D eigenvalue weighted by atomic mass is 16.2. The van der Waals surface area contributed by atoms with E-state index < -0.39 is 5.41 Å². The first-order valence-electron chi connectivity index (χ1n) is 8.28. The summed E-state index contributed by atoms with van der Waals surface area (Å²) in [5, 5.41) is 12.8. The first kappa shape index (κ1) is 13.9. The smallest absolute Gasteiger partial charge is 0.240 e. The first-order valence-corrected chi connectivity index (χ1v) is 8.28. The molecule has 0 aromatic rings. The highest BCUT2D eigenvalue weighted by Gasteiger charge is 2.52. The molecule has 1 N–H and O–H groups in total. The Morgan fingerprint density at radius 2 is 1.60 bits per heavy atom. The number of nitriles is 1. The van der Waals surface area contributed by atoms with Crippen LogP contribution in [0.2, 0.25) is 0 Å². The van der Waals surface area contributed by atoms with Gasteiger partial charge in [0.2, 0.25) is 5.91 Å². The molecule has 4 aliphatic rings. The van der Waals surface area contributed by atoms with Crippen LogP contribution in [0, 0.1) is 34.5 Å². The predicted molar refractivity (Wildman–Crippen MR) is 77.7 cm³/mol. The molecule has 110 valence electrons. The fourth-order valence-electron chi connectivity index (χ4n) is 5.40. The zero-order chi connectivity index (χ0) is 14.4. The maximum atomic E-state index is 12.7. The Balaban J connectivity index is 1.78. The molecule has 0 heterocycles. The summed E-state index contributed by atoms with van der Waals surface area (Å²) in [4.78, 5) is 12.7. The molecule has 0 saturated heterocycles. The molecule has 0 spiro atoms. The standard InChI is InChI=1S/C17H26N2O/c1-3-16(4-2,11-18)15(20)19-17-8-12-5-13(9-17)7-14(6-12)10-17/h12-14H,3-10H2,1-2H3,(H,19,20). The lowest BCUT2D eigenvalue weighted by atomic mass is 9.53. The molecular formula is C17H26N2O. The van der Waals surface area contributed by atoms with Gasteiger partial charge < -0.3 is 5.32 Å². The third-order valence-corrected chi connectivity index (χ3v) is 6.27. The monoisotopic (exact) mass is 274 g/mol. The van der Waals surface area contributed by atoms with Crippen LogP contribution in [0.3, 0.4) is 0 Å². The van der Waals surface area contributed by atoms with Gasteiger partial charge in [-0.1, -0.05) is 13.8 Å². The summed E-state index contributed by atoms with van der Waals surface area (Å²) in [6.45, 7) is 3.90. The van der Waals surface area contributed by atoms with E-state index in [-0.39, 0.29) is 11.4 Å². The average molecular weight is 274 g/mol. The minimum atomic E-state index is -0.816. The number of carbonyl (C=O) groups excluding carboxylic acids is 1. The number of hydrogen-bond acceptors (Lipinski definition) is 2. The average Bonchev–Trinajstić information content (AvgIpc) is 2.39. The lowest BCUT2D eigenvalue weighted by Crippen LogP contribution is -2.61. The summed E-state index contributed by atoms with van der Waals surface area (Å²) >= 11 is 0. The Morgan fingerprint density at radius 3 is 1.95 bits per heavy atom. The van der Waals surface area contributed by atoms with Crippen molar-refractivity contribution >= 4 is 5.91 Å². The zero-order valence-electron chi connectivity index (χ0n) is 12.7. The van der Waals surface area contributed by atoms with Crippen LogP contribution in [0.4, 0.5) is 0 Å². The van der Waals surface area contributed by atoms with Gasteiger partial charge in [0.15, 0.2) is 0 Å². The van der Waals surface area contributed by atoms with Gasteiger partial charge >= 0.3 is 0 Å². The van der Waals surface area contributed by atoms with Crippen LogP contribution >= 0.6 is 0 Å². The van der Waals surface area contributed by atoms with Crippen molar-refractivity contribution in [2.45, 2.75) is 70.8 Å². The predicted octanol–water partition coefficient (Wildman–Crippen LogP) is 3.40. The van der Waals surface area contributed by atoms with Crippen molar-refractivity contribution in [1.82, 2.24) is 5.32 Å². The summed E-state index contributed by atoms with van der Waals surface area (Å²) in [5.74, 6) is 2.45. The van der Waals surface area contributed by atoms with E-state index in [0.29, 0.717) is 12.8 Å². The van der Waals surface area contributed by atoms with Crippen molar-refractivity contribution in [3.05, 3.63) is 0 Å². The van der Waals surface area contributed by atoms with Crippen LogP contribution in [0.15, 0.2) is 0 Å². The third-order valence-electron chi connectivity index (χ3n) is 6.27. The van der Waals surface area contributed by atoms with E-state index in [2.05, 4.69) is 11.4 Å². The van der Waals surface area contributed by atoms with Crippen LogP contribution in [0.1, 0.15) is 65.2 Å². The second-order valence-electron chi connectivity index (χ2n) is 7.55. The zero-order valence-corrected chi connectivity index (χ0v) is 12.7. The minimum absolute atomic E-state index is 0.00745. The van der Waals surface area contributed by atoms with E-state index in [0.717, 1.165) is 37.0 Å². The molecule has 4 bridgehead atoms. The van der Waals surface area contributed by atoms with Gasteiger partial charge in [-0.3, -0.25) is 4.79 Å². The molecule has 4 aliphatic carbocycles.